The maximum atomic E-state index is 11.1. The normalized spacial score (nSPS) is 12.2. The number of methoxy groups -OCH3 is 2. The Morgan fingerprint density at radius 3 is 2.21 bits per heavy atom. The molecule has 2 aromatic heterocycles. The molecule has 0 aromatic carbocycles. The zero-order chi connectivity index (χ0) is 25.6. The lowest BCUT2D eigenvalue weighted by molar-refractivity contribution is 0.116. The van der Waals surface area contributed by atoms with Gasteiger partial charge in [0.05, 0.1) is 13.7 Å². The van der Waals surface area contributed by atoms with Gasteiger partial charge in [0.1, 0.15) is 6.61 Å². The van der Waals surface area contributed by atoms with Gasteiger partial charge >= 0.3 is 18.2 Å². The summed E-state index contributed by atoms with van der Waals surface area (Å²) in [6.45, 7) is 9.61. The van der Waals surface area contributed by atoms with Crippen molar-refractivity contribution in [3.05, 3.63) is 36.5 Å². The predicted molar refractivity (Wildman–Crippen MR) is 133 cm³/mol. The van der Waals surface area contributed by atoms with E-state index in [0.29, 0.717) is 23.2 Å². The molecule has 0 bridgehead atoms. The molecule has 0 radical (unpaired) electrons. The Hall–Kier alpha value is -3.40. The van der Waals surface area contributed by atoms with Gasteiger partial charge in [0.25, 0.3) is 0 Å². The van der Waals surface area contributed by atoms with E-state index in [1.165, 1.54) is 18.1 Å². The van der Waals surface area contributed by atoms with Crippen LogP contribution in [0.1, 0.15) is 40.5 Å². The first-order valence-electron chi connectivity index (χ1n) is 11.0. The van der Waals surface area contributed by atoms with Crippen molar-refractivity contribution in [1.29, 1.82) is 0 Å². The number of allylic oxidation sites excluding steroid dienone is 6. The number of rotatable bonds is 5. The third kappa shape index (κ3) is 10.5. The Bertz CT molecular complexity index is 976. The maximum absolute atomic E-state index is 11.1. The van der Waals surface area contributed by atoms with Crippen LogP contribution in [0.3, 0.4) is 0 Å². The summed E-state index contributed by atoms with van der Waals surface area (Å²) in [7, 11) is 4.36. The summed E-state index contributed by atoms with van der Waals surface area (Å²) in [5, 5.41) is 0. The molecule has 2 N–H and O–H groups in total. The molecular weight excluding hydrogens is 438 g/mol. The second-order valence-corrected chi connectivity index (χ2v) is 8.31. The zero-order valence-electron chi connectivity index (χ0n) is 21.2. The quantitative estimate of drug-likeness (QED) is 0.487. The van der Waals surface area contributed by atoms with Crippen LogP contribution in [0.2, 0.25) is 0 Å². The van der Waals surface area contributed by atoms with Crippen LogP contribution in [0.15, 0.2) is 36.5 Å². The summed E-state index contributed by atoms with van der Waals surface area (Å²) in [6, 6.07) is 0.0801. The van der Waals surface area contributed by atoms with Crippen LogP contribution in [0, 0.1) is 5.41 Å². The lowest BCUT2D eigenvalue weighted by Gasteiger charge is -2.12. The molecule has 188 valence electrons. The second-order valence-electron chi connectivity index (χ2n) is 8.31. The number of hydrogen-bond acceptors (Lipinski definition) is 9. The molecule has 0 amide bonds. The number of carbonyl (C=O) groups is 1. The van der Waals surface area contributed by atoms with Gasteiger partial charge in [0.2, 0.25) is 0 Å². The molecule has 0 unspecified atom stereocenters. The Morgan fingerprint density at radius 1 is 1.06 bits per heavy atom. The van der Waals surface area contributed by atoms with Gasteiger partial charge in [0, 0.05) is 14.2 Å². The van der Waals surface area contributed by atoms with Crippen molar-refractivity contribution in [3.8, 4) is 12.0 Å². The SMILES string of the molecule is C1=CC=CCC=C1.CCC(C)(C)C.COCCOc1nc(N)c2nc(OC(=O)OC)n(C)c2n1. The Labute approximate surface area is 201 Å². The smallest absolute Gasteiger partial charge is 0.461 e. The average Bonchev–Trinajstić information content (AvgIpc) is 2.98. The van der Waals surface area contributed by atoms with Crippen LogP contribution in [0.5, 0.6) is 12.0 Å². The number of nitrogens with two attached hydrogens (primary N) is 1. The molecule has 2 heterocycles. The fourth-order valence-electron chi connectivity index (χ4n) is 2.05. The second kappa shape index (κ2) is 14.7. The molecule has 0 fully saturated rings. The Kier molecular flexibility index (Phi) is 12.4. The highest BCUT2D eigenvalue weighted by molar-refractivity contribution is 5.83. The van der Waals surface area contributed by atoms with Gasteiger partial charge in [-0.25, -0.2) is 4.79 Å². The summed E-state index contributed by atoms with van der Waals surface area (Å²) in [5.74, 6) is 0.114. The van der Waals surface area contributed by atoms with Crippen LogP contribution < -0.4 is 15.2 Å². The molecule has 10 nitrogen and oxygen atoms in total. The zero-order valence-corrected chi connectivity index (χ0v) is 21.2. The fourth-order valence-corrected chi connectivity index (χ4v) is 2.05. The van der Waals surface area contributed by atoms with E-state index in [4.69, 9.17) is 19.9 Å². The molecule has 2 aromatic rings. The van der Waals surface area contributed by atoms with Gasteiger partial charge in [-0.15, -0.1) is 0 Å². The number of hydrogen-bond donors (Lipinski definition) is 1. The van der Waals surface area contributed by atoms with Crippen LogP contribution in [-0.4, -0.2) is 53.1 Å². The molecule has 3 rings (SSSR count). The predicted octanol–water partition coefficient (Wildman–Crippen LogP) is 4.62. The monoisotopic (exact) mass is 475 g/mol. The van der Waals surface area contributed by atoms with E-state index in [2.05, 4.69) is 71.7 Å². The topological polar surface area (TPSA) is 124 Å². The third-order valence-electron chi connectivity index (χ3n) is 4.48. The Balaban J connectivity index is 0.000000362. The van der Waals surface area contributed by atoms with Crippen LogP contribution in [0.4, 0.5) is 10.6 Å². The van der Waals surface area contributed by atoms with E-state index < -0.39 is 6.16 Å². The molecule has 0 aliphatic heterocycles. The van der Waals surface area contributed by atoms with Crippen molar-refractivity contribution in [1.82, 2.24) is 19.5 Å². The highest BCUT2D eigenvalue weighted by Gasteiger charge is 2.18. The lowest BCUT2D eigenvalue weighted by atomic mass is 9.94. The molecule has 0 spiro atoms. The first-order chi connectivity index (χ1) is 16.1. The van der Waals surface area contributed by atoms with Crippen LogP contribution in [0.25, 0.3) is 11.2 Å². The molecule has 1 aliphatic carbocycles. The van der Waals surface area contributed by atoms with Crippen molar-refractivity contribution in [2.75, 3.05) is 33.2 Å². The van der Waals surface area contributed by atoms with Gasteiger partial charge in [-0.3, -0.25) is 4.57 Å². The average molecular weight is 476 g/mol. The number of aryl methyl sites for hydroxylation is 1. The molecule has 0 saturated heterocycles. The van der Waals surface area contributed by atoms with Crippen molar-refractivity contribution in [2.24, 2.45) is 12.5 Å². The number of nitrogen functional groups attached to an aromatic ring is 1. The molecule has 1 aliphatic rings. The molecule has 0 atom stereocenters. The Morgan fingerprint density at radius 2 is 1.68 bits per heavy atom. The van der Waals surface area contributed by atoms with E-state index in [1.54, 1.807) is 14.2 Å². The number of nitrogens with zero attached hydrogens (tertiary/aromatic N) is 4. The van der Waals surface area contributed by atoms with Gasteiger partial charge in [0.15, 0.2) is 17.0 Å². The van der Waals surface area contributed by atoms with Crippen molar-refractivity contribution < 1.29 is 23.7 Å². The number of carbonyl (C=O) groups excluding carboxylic acids is 1. The van der Waals surface area contributed by atoms with E-state index >= 15 is 0 Å². The number of imidazole rings is 1. The minimum atomic E-state index is -0.892. The molecular formula is C24H37N5O5. The van der Waals surface area contributed by atoms with Gasteiger partial charge in [-0.2, -0.15) is 15.0 Å². The summed E-state index contributed by atoms with van der Waals surface area (Å²) >= 11 is 0. The fraction of sp³-hybridized carbons (Fsp3) is 0.500. The third-order valence-corrected chi connectivity index (χ3v) is 4.48. The number of fused-ring (bicyclic) bond motifs is 1. The van der Waals surface area contributed by atoms with Crippen molar-refractivity contribution >= 4 is 23.1 Å². The standard InChI is InChI=1S/C11H15N5O5.C7H8.C6H14/c1-16-8-6(13-10(16)21-11(17)19-3)7(12)14-9(15-8)20-5-4-18-2;1-2-4-6-7-5-3-1;1-5-6(2,3)4/h4-5H2,1-3H3,(H2,12,14,15);1-6H,7H2;5H2,1-4H3. The molecule has 0 saturated carbocycles. The lowest BCUT2D eigenvalue weighted by Crippen LogP contribution is -2.10. The minimum Gasteiger partial charge on any atom is -0.461 e. The van der Waals surface area contributed by atoms with Gasteiger partial charge in [-0.05, 0) is 11.8 Å². The van der Waals surface area contributed by atoms with Crippen molar-refractivity contribution in [3.63, 3.8) is 0 Å². The van der Waals surface area contributed by atoms with Crippen LogP contribution in [-0.2, 0) is 16.5 Å². The largest absolute Gasteiger partial charge is 0.516 e. The molecule has 10 heteroatoms. The highest BCUT2D eigenvalue weighted by Crippen LogP contribution is 2.24. The first-order valence-corrected chi connectivity index (χ1v) is 11.0. The van der Waals surface area contributed by atoms with Gasteiger partial charge < -0.3 is 24.7 Å². The van der Waals surface area contributed by atoms with E-state index in [9.17, 15) is 4.79 Å². The summed E-state index contributed by atoms with van der Waals surface area (Å²) in [5.41, 5.74) is 7.01. The van der Waals surface area contributed by atoms with E-state index in [0.717, 1.165) is 6.42 Å². The van der Waals surface area contributed by atoms with E-state index in [-0.39, 0.29) is 24.4 Å². The number of anilines is 1. The van der Waals surface area contributed by atoms with Crippen LogP contribution >= 0.6 is 0 Å². The van der Waals surface area contributed by atoms with Crippen molar-refractivity contribution in [2.45, 2.75) is 40.5 Å². The van der Waals surface area contributed by atoms with Gasteiger partial charge in [-0.1, -0.05) is 70.6 Å². The maximum Gasteiger partial charge on any atom is 0.516 e. The summed E-state index contributed by atoms with van der Waals surface area (Å²) in [4.78, 5) is 23.3. The number of ether oxygens (including phenoxy) is 4. The first kappa shape index (κ1) is 28.6. The van der Waals surface area contributed by atoms with E-state index in [1.807, 2.05) is 12.2 Å². The molecule has 34 heavy (non-hydrogen) atoms. The highest BCUT2D eigenvalue weighted by atomic mass is 16.7. The number of aromatic nitrogens is 4. The minimum absolute atomic E-state index is 0.00751. The summed E-state index contributed by atoms with van der Waals surface area (Å²) in [6.07, 6.45) is 13.9. The summed E-state index contributed by atoms with van der Waals surface area (Å²) < 4.78 is 20.9.